The van der Waals surface area contributed by atoms with Crippen molar-refractivity contribution >= 4 is 11.5 Å². The standard InChI is InChI=1S/C20H22N2O2/c1-15-7-9-17(10-8-15)18-11-12-21-19(13-18)20(23)22(24)14-16-5-3-2-4-6-16/h2-6,9,11-13,15,24H,7-8,10,14H2,1H3. The number of carbonyl (C=O) groups is 1. The molecule has 1 N–H and O–H groups in total. The first-order valence-corrected chi connectivity index (χ1v) is 8.33. The maximum absolute atomic E-state index is 12.4. The van der Waals surface area contributed by atoms with Crippen molar-refractivity contribution in [3.8, 4) is 0 Å². The Balaban J connectivity index is 1.74. The quantitative estimate of drug-likeness (QED) is 0.674. The van der Waals surface area contributed by atoms with Crippen LogP contribution in [0.5, 0.6) is 0 Å². The summed E-state index contributed by atoms with van der Waals surface area (Å²) in [5.41, 5.74) is 3.42. The zero-order valence-electron chi connectivity index (χ0n) is 13.9. The second-order valence-electron chi connectivity index (χ2n) is 6.39. The molecule has 0 aliphatic heterocycles. The number of nitrogens with zero attached hydrogens (tertiary/aromatic N) is 2. The molecule has 1 aromatic heterocycles. The molecule has 4 nitrogen and oxygen atoms in total. The average Bonchev–Trinajstić information content (AvgIpc) is 2.62. The Morgan fingerprint density at radius 2 is 2.08 bits per heavy atom. The van der Waals surface area contributed by atoms with Gasteiger partial charge in [-0.15, -0.1) is 0 Å². The van der Waals surface area contributed by atoms with E-state index >= 15 is 0 Å². The molecule has 24 heavy (non-hydrogen) atoms. The Labute approximate surface area is 142 Å². The highest BCUT2D eigenvalue weighted by molar-refractivity contribution is 5.92. The van der Waals surface area contributed by atoms with Crippen LogP contribution in [0.4, 0.5) is 0 Å². The lowest BCUT2D eigenvalue weighted by atomic mass is 9.88. The lowest BCUT2D eigenvalue weighted by Gasteiger charge is -2.19. The van der Waals surface area contributed by atoms with Gasteiger partial charge >= 0.3 is 0 Å². The van der Waals surface area contributed by atoms with Crippen molar-refractivity contribution in [3.05, 3.63) is 71.6 Å². The van der Waals surface area contributed by atoms with Crippen molar-refractivity contribution in [1.29, 1.82) is 0 Å². The lowest BCUT2D eigenvalue weighted by Crippen LogP contribution is -2.27. The highest BCUT2D eigenvalue weighted by Crippen LogP contribution is 2.29. The lowest BCUT2D eigenvalue weighted by molar-refractivity contribution is -0.0652. The predicted molar refractivity (Wildman–Crippen MR) is 93.3 cm³/mol. The van der Waals surface area contributed by atoms with E-state index in [0.717, 1.165) is 41.4 Å². The van der Waals surface area contributed by atoms with E-state index in [-0.39, 0.29) is 12.2 Å². The van der Waals surface area contributed by atoms with Gasteiger partial charge in [0.25, 0.3) is 5.91 Å². The molecule has 2 aromatic rings. The summed E-state index contributed by atoms with van der Waals surface area (Å²) in [6, 6.07) is 13.1. The molecule has 1 amide bonds. The highest BCUT2D eigenvalue weighted by Gasteiger charge is 2.18. The highest BCUT2D eigenvalue weighted by atomic mass is 16.5. The molecule has 1 unspecified atom stereocenters. The molecule has 1 aliphatic carbocycles. The first kappa shape index (κ1) is 16.4. The van der Waals surface area contributed by atoms with Crippen LogP contribution in [-0.2, 0) is 6.54 Å². The van der Waals surface area contributed by atoms with Gasteiger partial charge in [0, 0.05) is 6.20 Å². The fourth-order valence-corrected chi connectivity index (χ4v) is 2.94. The van der Waals surface area contributed by atoms with E-state index in [9.17, 15) is 10.0 Å². The maximum atomic E-state index is 12.4. The Morgan fingerprint density at radius 1 is 1.29 bits per heavy atom. The van der Waals surface area contributed by atoms with Gasteiger partial charge in [0.15, 0.2) is 0 Å². The topological polar surface area (TPSA) is 53.4 Å². The van der Waals surface area contributed by atoms with Crippen molar-refractivity contribution in [2.24, 2.45) is 5.92 Å². The second-order valence-corrected chi connectivity index (χ2v) is 6.39. The molecular weight excluding hydrogens is 300 g/mol. The molecule has 1 aromatic carbocycles. The van der Waals surface area contributed by atoms with Crippen molar-refractivity contribution < 1.29 is 10.0 Å². The van der Waals surface area contributed by atoms with Gasteiger partial charge < -0.3 is 0 Å². The van der Waals surface area contributed by atoms with Crippen LogP contribution in [0.2, 0.25) is 0 Å². The molecule has 0 radical (unpaired) electrons. The normalized spacial score (nSPS) is 17.2. The smallest absolute Gasteiger partial charge is 0.285 e. The van der Waals surface area contributed by atoms with E-state index in [2.05, 4.69) is 18.0 Å². The zero-order valence-corrected chi connectivity index (χ0v) is 13.9. The summed E-state index contributed by atoms with van der Waals surface area (Å²) >= 11 is 0. The number of rotatable bonds is 4. The number of carbonyl (C=O) groups excluding carboxylic acids is 1. The Bertz CT molecular complexity index is 740. The summed E-state index contributed by atoms with van der Waals surface area (Å²) in [6.07, 6.45) is 7.14. The minimum absolute atomic E-state index is 0.145. The monoisotopic (exact) mass is 322 g/mol. The molecule has 0 fully saturated rings. The fraction of sp³-hybridized carbons (Fsp3) is 0.300. The fourth-order valence-electron chi connectivity index (χ4n) is 2.94. The number of allylic oxidation sites excluding steroid dienone is 2. The largest absolute Gasteiger partial charge is 0.296 e. The van der Waals surface area contributed by atoms with Gasteiger partial charge in [-0.05, 0) is 54.0 Å². The third-order valence-corrected chi connectivity index (χ3v) is 4.43. The molecule has 1 atom stereocenters. The molecular formula is C20H22N2O2. The molecule has 1 heterocycles. The number of hydrogen-bond acceptors (Lipinski definition) is 3. The molecule has 1 aliphatic rings. The van der Waals surface area contributed by atoms with Gasteiger partial charge in [0.2, 0.25) is 0 Å². The molecule has 0 saturated carbocycles. The molecule has 0 spiro atoms. The summed E-state index contributed by atoms with van der Waals surface area (Å²) < 4.78 is 0. The van der Waals surface area contributed by atoms with Crippen molar-refractivity contribution in [2.75, 3.05) is 0 Å². The van der Waals surface area contributed by atoms with E-state index in [0.29, 0.717) is 0 Å². The number of pyridine rings is 1. The van der Waals surface area contributed by atoms with Crippen LogP contribution in [0.3, 0.4) is 0 Å². The van der Waals surface area contributed by atoms with E-state index in [4.69, 9.17) is 0 Å². The van der Waals surface area contributed by atoms with Crippen LogP contribution in [0.25, 0.3) is 5.57 Å². The molecule has 0 bridgehead atoms. The van der Waals surface area contributed by atoms with Crippen molar-refractivity contribution in [1.82, 2.24) is 10.0 Å². The number of amides is 1. The van der Waals surface area contributed by atoms with Gasteiger partial charge in [-0.25, -0.2) is 5.06 Å². The number of hydrogen-bond donors (Lipinski definition) is 1. The summed E-state index contributed by atoms with van der Waals surface area (Å²) in [5, 5.41) is 10.8. The van der Waals surface area contributed by atoms with Gasteiger partial charge in [-0.3, -0.25) is 15.0 Å². The maximum Gasteiger partial charge on any atom is 0.296 e. The van der Waals surface area contributed by atoms with Crippen LogP contribution in [-0.4, -0.2) is 21.2 Å². The Kier molecular flexibility index (Phi) is 5.06. The summed E-state index contributed by atoms with van der Waals surface area (Å²) in [5.74, 6) is 0.237. The molecule has 4 heteroatoms. The average molecular weight is 322 g/mol. The van der Waals surface area contributed by atoms with E-state index in [1.807, 2.05) is 36.4 Å². The molecule has 124 valence electrons. The molecule has 3 rings (SSSR count). The molecule has 0 saturated heterocycles. The van der Waals surface area contributed by atoms with E-state index in [1.165, 1.54) is 5.57 Å². The predicted octanol–water partition coefficient (Wildman–Crippen LogP) is 4.32. The summed E-state index contributed by atoms with van der Waals surface area (Å²) in [6.45, 7) is 2.40. The summed E-state index contributed by atoms with van der Waals surface area (Å²) in [7, 11) is 0. The van der Waals surface area contributed by atoms with Crippen LogP contribution < -0.4 is 0 Å². The van der Waals surface area contributed by atoms with Crippen LogP contribution in [0.15, 0.2) is 54.7 Å². The second kappa shape index (κ2) is 7.41. The number of benzene rings is 1. The van der Waals surface area contributed by atoms with Gasteiger partial charge in [-0.2, -0.15) is 0 Å². The van der Waals surface area contributed by atoms with Gasteiger partial charge in [0.05, 0.1) is 6.54 Å². The first-order valence-electron chi connectivity index (χ1n) is 8.33. The van der Waals surface area contributed by atoms with E-state index in [1.54, 1.807) is 12.3 Å². The van der Waals surface area contributed by atoms with Gasteiger partial charge in [0.1, 0.15) is 5.69 Å². The SMILES string of the molecule is CC1CC=C(c2ccnc(C(=O)N(O)Cc3ccccc3)c2)CC1. The Morgan fingerprint density at radius 3 is 2.79 bits per heavy atom. The minimum Gasteiger partial charge on any atom is -0.285 e. The minimum atomic E-state index is -0.481. The summed E-state index contributed by atoms with van der Waals surface area (Å²) in [4.78, 5) is 16.6. The van der Waals surface area contributed by atoms with Crippen LogP contribution in [0.1, 0.15) is 47.8 Å². The third kappa shape index (κ3) is 3.89. The van der Waals surface area contributed by atoms with Gasteiger partial charge in [-0.1, -0.05) is 43.3 Å². The third-order valence-electron chi connectivity index (χ3n) is 4.43. The van der Waals surface area contributed by atoms with Crippen molar-refractivity contribution in [2.45, 2.75) is 32.7 Å². The number of aromatic nitrogens is 1. The first-order chi connectivity index (χ1) is 11.6. The zero-order chi connectivity index (χ0) is 16.9. The Hall–Kier alpha value is -2.46. The number of hydroxylamine groups is 2. The van der Waals surface area contributed by atoms with Crippen LogP contribution >= 0.6 is 0 Å². The van der Waals surface area contributed by atoms with Crippen molar-refractivity contribution in [3.63, 3.8) is 0 Å². The van der Waals surface area contributed by atoms with E-state index < -0.39 is 5.91 Å². The van der Waals surface area contributed by atoms with Crippen LogP contribution in [0, 0.1) is 5.92 Å².